The van der Waals surface area contributed by atoms with E-state index < -0.39 is 11.0 Å². The molecule has 0 saturated carbocycles. The standard InChI is InChI=1S/C11H23NO2S/c1-8(2)10(6-9-7-14-9)12-15(13)11(3,4)5/h8-10,12H,6-7H2,1-5H3/t9-,10-,15-/m1/s1. The Hall–Kier alpha value is 0.0700. The molecule has 4 heteroatoms. The Labute approximate surface area is 95.6 Å². The maximum atomic E-state index is 11.9. The van der Waals surface area contributed by atoms with Gasteiger partial charge in [0.15, 0.2) is 0 Å². The van der Waals surface area contributed by atoms with Crippen LogP contribution in [-0.4, -0.2) is 27.7 Å². The van der Waals surface area contributed by atoms with E-state index in [-0.39, 0.29) is 10.8 Å². The van der Waals surface area contributed by atoms with Gasteiger partial charge in [-0.2, -0.15) is 0 Å². The van der Waals surface area contributed by atoms with Gasteiger partial charge in [0, 0.05) is 6.04 Å². The first-order valence-electron chi connectivity index (χ1n) is 5.60. The van der Waals surface area contributed by atoms with Crippen LogP contribution in [0.3, 0.4) is 0 Å². The molecule has 1 aliphatic rings. The predicted molar refractivity (Wildman–Crippen MR) is 64.0 cm³/mol. The monoisotopic (exact) mass is 233 g/mol. The highest BCUT2D eigenvalue weighted by atomic mass is 32.2. The zero-order chi connectivity index (χ0) is 11.6. The summed E-state index contributed by atoms with van der Waals surface area (Å²) in [4.78, 5) is 0. The molecule has 0 radical (unpaired) electrons. The third kappa shape index (κ3) is 4.62. The molecule has 15 heavy (non-hydrogen) atoms. The quantitative estimate of drug-likeness (QED) is 0.736. The van der Waals surface area contributed by atoms with Gasteiger partial charge in [-0.25, -0.2) is 8.93 Å². The zero-order valence-electron chi connectivity index (χ0n) is 10.4. The second kappa shape index (κ2) is 4.93. The second-order valence-corrected chi connectivity index (χ2v) is 7.54. The third-order valence-electron chi connectivity index (χ3n) is 2.54. The Balaban J connectivity index is 2.46. The van der Waals surface area contributed by atoms with Crippen LogP contribution in [-0.2, 0) is 15.7 Å². The molecule has 0 spiro atoms. The fourth-order valence-corrected chi connectivity index (χ4v) is 2.25. The van der Waals surface area contributed by atoms with E-state index in [1.54, 1.807) is 0 Å². The largest absolute Gasteiger partial charge is 0.373 e. The average Bonchev–Trinajstić information content (AvgIpc) is 2.84. The van der Waals surface area contributed by atoms with E-state index in [1.165, 1.54) is 0 Å². The Morgan fingerprint density at radius 3 is 2.33 bits per heavy atom. The van der Waals surface area contributed by atoms with Crippen LogP contribution >= 0.6 is 0 Å². The number of epoxide rings is 1. The van der Waals surface area contributed by atoms with Crippen LogP contribution < -0.4 is 4.72 Å². The molecule has 1 fully saturated rings. The highest BCUT2D eigenvalue weighted by Crippen LogP contribution is 2.21. The van der Waals surface area contributed by atoms with Gasteiger partial charge in [0.1, 0.15) is 0 Å². The fourth-order valence-electron chi connectivity index (χ4n) is 1.26. The van der Waals surface area contributed by atoms with Crippen LogP contribution in [0.4, 0.5) is 0 Å². The van der Waals surface area contributed by atoms with Crippen LogP contribution in [0.25, 0.3) is 0 Å². The van der Waals surface area contributed by atoms with Crippen molar-refractivity contribution in [3.63, 3.8) is 0 Å². The lowest BCUT2D eigenvalue weighted by Crippen LogP contribution is -2.43. The topological polar surface area (TPSA) is 41.6 Å². The summed E-state index contributed by atoms with van der Waals surface area (Å²) in [5.74, 6) is 0.487. The molecule has 0 aromatic rings. The molecule has 0 amide bonds. The van der Waals surface area contributed by atoms with E-state index >= 15 is 0 Å². The highest BCUT2D eigenvalue weighted by molar-refractivity contribution is 7.84. The zero-order valence-corrected chi connectivity index (χ0v) is 11.2. The van der Waals surface area contributed by atoms with Gasteiger partial charge in [-0.1, -0.05) is 13.8 Å². The highest BCUT2D eigenvalue weighted by Gasteiger charge is 2.31. The van der Waals surface area contributed by atoms with Crippen molar-refractivity contribution in [2.75, 3.05) is 6.61 Å². The maximum Gasteiger partial charge on any atom is 0.0972 e. The predicted octanol–water partition coefficient (Wildman–Crippen LogP) is 1.85. The summed E-state index contributed by atoms with van der Waals surface area (Å²) < 4.78 is 20.2. The van der Waals surface area contributed by atoms with Crippen LogP contribution in [0.2, 0.25) is 0 Å². The first-order valence-corrected chi connectivity index (χ1v) is 6.75. The molecule has 3 atom stereocenters. The van der Waals surface area contributed by atoms with Crippen molar-refractivity contribution in [3.8, 4) is 0 Å². The normalized spacial score (nSPS) is 25.3. The van der Waals surface area contributed by atoms with E-state index in [4.69, 9.17) is 4.74 Å². The van der Waals surface area contributed by atoms with E-state index in [0.717, 1.165) is 13.0 Å². The van der Waals surface area contributed by atoms with Crippen molar-refractivity contribution < 1.29 is 8.95 Å². The van der Waals surface area contributed by atoms with Crippen molar-refractivity contribution in [3.05, 3.63) is 0 Å². The van der Waals surface area contributed by atoms with Crippen LogP contribution in [0, 0.1) is 5.92 Å². The molecule has 1 saturated heterocycles. The lowest BCUT2D eigenvalue weighted by atomic mass is 10.0. The van der Waals surface area contributed by atoms with Crippen molar-refractivity contribution in [2.24, 2.45) is 5.92 Å². The number of hydrogen-bond donors (Lipinski definition) is 1. The number of ether oxygens (including phenoxy) is 1. The smallest absolute Gasteiger partial charge is 0.0972 e. The molecule has 1 rings (SSSR count). The van der Waals surface area contributed by atoms with Gasteiger partial charge >= 0.3 is 0 Å². The van der Waals surface area contributed by atoms with Gasteiger partial charge in [-0.05, 0) is 33.1 Å². The van der Waals surface area contributed by atoms with Gasteiger partial charge in [-0.3, -0.25) is 0 Å². The molecule has 0 bridgehead atoms. The Kier molecular flexibility index (Phi) is 4.32. The summed E-state index contributed by atoms with van der Waals surface area (Å²) in [6.45, 7) is 11.1. The van der Waals surface area contributed by atoms with Gasteiger partial charge < -0.3 is 4.74 Å². The molecule has 1 N–H and O–H groups in total. The molecular formula is C11H23NO2S. The molecule has 0 aromatic heterocycles. The van der Waals surface area contributed by atoms with E-state index in [2.05, 4.69) is 18.6 Å². The average molecular weight is 233 g/mol. The summed E-state index contributed by atoms with van der Waals surface area (Å²) in [6, 6.07) is 0.289. The van der Waals surface area contributed by atoms with Gasteiger partial charge in [0.05, 0.1) is 28.4 Å². The van der Waals surface area contributed by atoms with Crippen LogP contribution in [0.5, 0.6) is 0 Å². The van der Waals surface area contributed by atoms with Crippen LogP contribution in [0.1, 0.15) is 41.0 Å². The number of rotatable bonds is 5. The summed E-state index contributed by atoms with van der Waals surface area (Å²) in [5, 5.41) is 0. The fraction of sp³-hybridized carbons (Fsp3) is 1.00. The minimum atomic E-state index is -0.982. The molecule has 90 valence electrons. The molecule has 0 aliphatic carbocycles. The number of hydrogen-bond acceptors (Lipinski definition) is 2. The minimum Gasteiger partial charge on any atom is -0.373 e. The molecular weight excluding hydrogens is 210 g/mol. The SMILES string of the molecule is CC(C)[C@@H](C[C@@H]1CO1)N[S@](=O)C(C)(C)C. The lowest BCUT2D eigenvalue weighted by molar-refractivity contribution is 0.342. The first-order chi connectivity index (χ1) is 6.80. The molecule has 0 aromatic carbocycles. The van der Waals surface area contributed by atoms with E-state index in [1.807, 2.05) is 20.8 Å². The van der Waals surface area contributed by atoms with Crippen molar-refractivity contribution in [2.45, 2.75) is 57.9 Å². The maximum absolute atomic E-state index is 11.9. The lowest BCUT2D eigenvalue weighted by Gasteiger charge is -2.26. The van der Waals surface area contributed by atoms with Gasteiger partial charge in [0.2, 0.25) is 0 Å². The van der Waals surface area contributed by atoms with Crippen molar-refractivity contribution in [1.29, 1.82) is 0 Å². The Morgan fingerprint density at radius 1 is 1.47 bits per heavy atom. The van der Waals surface area contributed by atoms with Gasteiger partial charge in [0.25, 0.3) is 0 Å². The Bertz CT molecular complexity index is 231. The number of nitrogens with one attached hydrogen (secondary N) is 1. The third-order valence-corrected chi connectivity index (χ3v) is 4.17. The molecule has 3 nitrogen and oxygen atoms in total. The van der Waals surface area contributed by atoms with Crippen molar-refractivity contribution >= 4 is 11.0 Å². The summed E-state index contributed by atoms with van der Waals surface area (Å²) in [5.41, 5.74) is 0. The van der Waals surface area contributed by atoms with E-state index in [0.29, 0.717) is 12.0 Å². The molecule has 1 heterocycles. The van der Waals surface area contributed by atoms with E-state index in [9.17, 15) is 4.21 Å². The summed E-state index contributed by atoms with van der Waals surface area (Å²) in [6.07, 6.45) is 1.36. The van der Waals surface area contributed by atoms with Crippen LogP contribution in [0.15, 0.2) is 0 Å². The summed E-state index contributed by atoms with van der Waals surface area (Å²) >= 11 is 0. The Morgan fingerprint density at radius 2 is 2.00 bits per heavy atom. The second-order valence-electron chi connectivity index (χ2n) is 5.54. The molecule has 0 unspecified atom stereocenters. The van der Waals surface area contributed by atoms with Gasteiger partial charge in [-0.15, -0.1) is 0 Å². The first kappa shape index (κ1) is 13.1. The summed E-state index contributed by atoms with van der Waals surface area (Å²) in [7, 11) is -0.982. The molecule has 1 aliphatic heterocycles. The van der Waals surface area contributed by atoms with Crippen molar-refractivity contribution in [1.82, 2.24) is 4.72 Å². The minimum absolute atomic E-state index is 0.197.